The molecule has 0 fully saturated rings. The molecule has 9 heteroatoms. The van der Waals surface area contributed by atoms with E-state index in [1.54, 1.807) is 42.5 Å². The molecule has 2 aromatic rings. The molecule has 0 aliphatic heterocycles. The Morgan fingerprint density at radius 1 is 0.868 bits per heavy atom. The second-order valence-corrected chi connectivity index (χ2v) is 8.70. The van der Waals surface area contributed by atoms with Crippen LogP contribution < -0.4 is 25.0 Å². The van der Waals surface area contributed by atoms with Crippen LogP contribution in [0.15, 0.2) is 47.6 Å². The Labute approximate surface area is 224 Å². The number of unbranched alkanes of at least 4 members (excludes halogenated alkanes) is 6. The van der Waals surface area contributed by atoms with E-state index in [1.807, 2.05) is 6.92 Å². The summed E-state index contributed by atoms with van der Waals surface area (Å²) < 4.78 is 16.2. The summed E-state index contributed by atoms with van der Waals surface area (Å²) in [5.41, 5.74) is 3.37. The number of rotatable bonds is 17. The van der Waals surface area contributed by atoms with Crippen LogP contribution in [-0.4, -0.2) is 44.3 Å². The molecule has 0 bridgehead atoms. The first-order valence-corrected chi connectivity index (χ1v) is 13.2. The van der Waals surface area contributed by atoms with Crippen LogP contribution in [0.3, 0.4) is 0 Å². The summed E-state index contributed by atoms with van der Waals surface area (Å²) in [6.07, 6.45) is 9.77. The number of carbonyl (C=O) groups excluding carboxylic acids is 3. The van der Waals surface area contributed by atoms with Gasteiger partial charge in [0.1, 0.15) is 5.75 Å². The summed E-state index contributed by atoms with van der Waals surface area (Å²) in [7, 11) is 1.46. The highest BCUT2D eigenvalue weighted by molar-refractivity contribution is 5.92. The van der Waals surface area contributed by atoms with E-state index in [4.69, 9.17) is 14.2 Å². The van der Waals surface area contributed by atoms with Crippen molar-refractivity contribution in [3.8, 4) is 17.2 Å². The van der Waals surface area contributed by atoms with E-state index in [0.717, 1.165) is 19.3 Å². The number of hydrazone groups is 1. The number of esters is 1. The minimum Gasteiger partial charge on any atom is -0.494 e. The largest absolute Gasteiger partial charge is 0.494 e. The predicted octanol–water partition coefficient (Wildman–Crippen LogP) is 5.02. The molecule has 0 radical (unpaired) electrons. The van der Waals surface area contributed by atoms with Gasteiger partial charge in [-0.1, -0.05) is 45.4 Å². The van der Waals surface area contributed by atoms with Crippen molar-refractivity contribution >= 4 is 24.0 Å². The number of nitrogens with zero attached hydrogens (tertiary/aromatic N) is 1. The molecule has 0 saturated carbocycles. The van der Waals surface area contributed by atoms with Crippen LogP contribution in [0.2, 0.25) is 0 Å². The van der Waals surface area contributed by atoms with Crippen LogP contribution in [0.4, 0.5) is 0 Å². The Hall–Kier alpha value is -3.88. The molecule has 38 heavy (non-hydrogen) atoms. The molecule has 0 unspecified atom stereocenters. The van der Waals surface area contributed by atoms with E-state index in [9.17, 15) is 14.4 Å². The first-order chi connectivity index (χ1) is 18.5. The Kier molecular flexibility index (Phi) is 14.0. The summed E-state index contributed by atoms with van der Waals surface area (Å²) in [5.74, 6) is 0.144. The van der Waals surface area contributed by atoms with Gasteiger partial charge < -0.3 is 19.5 Å². The number of amides is 2. The molecular weight excluding hydrogens is 486 g/mol. The van der Waals surface area contributed by atoms with Gasteiger partial charge in [0.25, 0.3) is 5.91 Å². The highest BCUT2D eigenvalue weighted by atomic mass is 16.6. The maximum absolute atomic E-state index is 12.5. The highest BCUT2D eigenvalue weighted by Crippen LogP contribution is 2.28. The zero-order valence-electron chi connectivity index (χ0n) is 22.6. The normalized spacial score (nSPS) is 10.7. The molecule has 2 aromatic carbocycles. The van der Waals surface area contributed by atoms with Crippen molar-refractivity contribution in [2.45, 2.75) is 65.2 Å². The molecule has 0 atom stereocenters. The monoisotopic (exact) mass is 525 g/mol. The first-order valence-electron chi connectivity index (χ1n) is 13.2. The Bertz CT molecular complexity index is 1050. The van der Waals surface area contributed by atoms with Gasteiger partial charge in [0, 0.05) is 6.42 Å². The molecule has 0 aliphatic carbocycles. The van der Waals surface area contributed by atoms with E-state index < -0.39 is 11.9 Å². The first kappa shape index (κ1) is 30.3. The molecule has 9 nitrogen and oxygen atoms in total. The lowest BCUT2D eigenvalue weighted by molar-refractivity contribution is -0.126. The van der Waals surface area contributed by atoms with Gasteiger partial charge in [-0.2, -0.15) is 5.10 Å². The summed E-state index contributed by atoms with van der Waals surface area (Å²) in [5, 5.41) is 6.52. The molecule has 0 spiro atoms. The molecule has 0 aromatic heterocycles. The predicted molar refractivity (Wildman–Crippen MR) is 147 cm³/mol. The van der Waals surface area contributed by atoms with Gasteiger partial charge in [-0.05, 0) is 61.4 Å². The number of methoxy groups -OCH3 is 1. The Balaban J connectivity index is 1.76. The third-order valence-electron chi connectivity index (χ3n) is 5.65. The highest BCUT2D eigenvalue weighted by Gasteiger charge is 2.13. The maximum Gasteiger partial charge on any atom is 0.343 e. The molecule has 206 valence electrons. The average Bonchev–Trinajstić information content (AvgIpc) is 2.92. The van der Waals surface area contributed by atoms with Crippen molar-refractivity contribution in [3.63, 3.8) is 0 Å². The minimum absolute atomic E-state index is 0.141. The fraction of sp³-hybridized carbons (Fsp3) is 0.448. The van der Waals surface area contributed by atoms with Gasteiger partial charge in [0.2, 0.25) is 5.91 Å². The lowest BCUT2D eigenvalue weighted by Crippen LogP contribution is -2.34. The average molecular weight is 526 g/mol. The van der Waals surface area contributed by atoms with Gasteiger partial charge in [-0.3, -0.25) is 9.59 Å². The van der Waals surface area contributed by atoms with Gasteiger partial charge in [0.15, 0.2) is 11.5 Å². The molecule has 2 N–H and O–H groups in total. The van der Waals surface area contributed by atoms with Crippen molar-refractivity contribution in [1.29, 1.82) is 0 Å². The number of hydrogen-bond acceptors (Lipinski definition) is 7. The van der Waals surface area contributed by atoms with Crippen LogP contribution in [-0.2, 0) is 9.59 Å². The van der Waals surface area contributed by atoms with Crippen molar-refractivity contribution in [3.05, 3.63) is 53.6 Å². The summed E-state index contributed by atoms with van der Waals surface area (Å²) in [6, 6.07) is 11.5. The van der Waals surface area contributed by atoms with E-state index >= 15 is 0 Å². The van der Waals surface area contributed by atoms with Gasteiger partial charge in [-0.25, -0.2) is 10.2 Å². The second kappa shape index (κ2) is 17.6. The van der Waals surface area contributed by atoms with Gasteiger partial charge >= 0.3 is 5.97 Å². The van der Waals surface area contributed by atoms with Crippen molar-refractivity contribution in [2.75, 3.05) is 20.3 Å². The summed E-state index contributed by atoms with van der Waals surface area (Å²) >= 11 is 0. The molecule has 2 rings (SSSR count). The number of benzene rings is 2. The zero-order chi connectivity index (χ0) is 27.6. The number of nitrogens with one attached hydrogen (secondary N) is 2. The molecule has 0 heterocycles. The van der Waals surface area contributed by atoms with Crippen LogP contribution in [0, 0.1) is 0 Å². The smallest absolute Gasteiger partial charge is 0.343 e. The van der Waals surface area contributed by atoms with E-state index in [0.29, 0.717) is 35.7 Å². The zero-order valence-corrected chi connectivity index (χ0v) is 22.6. The number of carbonyl (C=O) groups is 3. The molecule has 0 saturated heterocycles. The van der Waals surface area contributed by atoms with Crippen LogP contribution in [0.25, 0.3) is 0 Å². The van der Waals surface area contributed by atoms with Gasteiger partial charge in [-0.15, -0.1) is 0 Å². The Morgan fingerprint density at radius 3 is 2.26 bits per heavy atom. The fourth-order valence-electron chi connectivity index (χ4n) is 3.59. The standard InChI is InChI=1S/C29H39N3O6/c1-4-6-7-8-9-10-11-12-27(33)30-21-28(34)32-31-20-22-13-18-25(26(19-22)36-3)38-29(35)23-14-16-24(17-15-23)37-5-2/h13-20H,4-12,21H2,1-3H3,(H,30,33)(H,32,34)/b31-20-. The lowest BCUT2D eigenvalue weighted by atomic mass is 10.1. The summed E-state index contributed by atoms with van der Waals surface area (Å²) in [6.45, 7) is 4.47. The van der Waals surface area contributed by atoms with Crippen LogP contribution in [0.5, 0.6) is 17.2 Å². The van der Waals surface area contributed by atoms with Crippen LogP contribution in [0.1, 0.15) is 81.1 Å². The third-order valence-corrected chi connectivity index (χ3v) is 5.65. The fourth-order valence-corrected chi connectivity index (χ4v) is 3.59. The second-order valence-electron chi connectivity index (χ2n) is 8.70. The van der Waals surface area contributed by atoms with Crippen LogP contribution >= 0.6 is 0 Å². The minimum atomic E-state index is -0.533. The summed E-state index contributed by atoms with van der Waals surface area (Å²) in [4.78, 5) is 36.4. The molecule has 2 amide bonds. The topological polar surface area (TPSA) is 115 Å². The quantitative estimate of drug-likeness (QED) is 0.0985. The van der Waals surface area contributed by atoms with Crippen molar-refractivity contribution < 1.29 is 28.6 Å². The molecular formula is C29H39N3O6. The van der Waals surface area contributed by atoms with E-state index in [-0.39, 0.29) is 18.2 Å². The van der Waals surface area contributed by atoms with Gasteiger partial charge in [0.05, 0.1) is 32.0 Å². The van der Waals surface area contributed by atoms with Crippen molar-refractivity contribution in [1.82, 2.24) is 10.7 Å². The molecule has 0 aliphatic rings. The van der Waals surface area contributed by atoms with E-state index in [1.165, 1.54) is 39.0 Å². The van der Waals surface area contributed by atoms with E-state index in [2.05, 4.69) is 22.8 Å². The number of hydrogen-bond donors (Lipinski definition) is 2. The SMILES string of the molecule is CCCCCCCCCC(=O)NCC(=O)N/N=C\c1ccc(OC(=O)c2ccc(OCC)cc2)c(OC)c1. The maximum atomic E-state index is 12.5. The Morgan fingerprint density at radius 2 is 1.58 bits per heavy atom. The number of ether oxygens (including phenoxy) is 3. The van der Waals surface area contributed by atoms with Crippen molar-refractivity contribution in [2.24, 2.45) is 5.10 Å². The third kappa shape index (κ3) is 11.5. The lowest BCUT2D eigenvalue weighted by Gasteiger charge is -2.10.